The standard InChI is InChI=1S/C12H9NO2S2/c14-11-10(17-12(16)13-11)6-7-1-2-9-8(5-7)3-4-15-9/h1-2,5-6H,3-4H2,(H,13,14,16). The lowest BCUT2D eigenvalue weighted by Gasteiger charge is -2.00. The van der Waals surface area contributed by atoms with Crippen molar-refractivity contribution in [3.05, 3.63) is 34.2 Å². The number of ether oxygens (including phenoxy) is 1. The number of rotatable bonds is 1. The van der Waals surface area contributed by atoms with E-state index in [0.717, 1.165) is 24.3 Å². The van der Waals surface area contributed by atoms with Gasteiger partial charge in [0.15, 0.2) is 0 Å². The van der Waals surface area contributed by atoms with Crippen molar-refractivity contribution in [2.75, 3.05) is 6.61 Å². The van der Waals surface area contributed by atoms with Crippen molar-refractivity contribution in [2.45, 2.75) is 6.42 Å². The van der Waals surface area contributed by atoms with E-state index in [2.05, 4.69) is 11.4 Å². The molecule has 2 heterocycles. The molecule has 1 aromatic carbocycles. The lowest BCUT2D eigenvalue weighted by atomic mass is 10.1. The summed E-state index contributed by atoms with van der Waals surface area (Å²) in [6, 6.07) is 5.96. The molecule has 1 amide bonds. The van der Waals surface area contributed by atoms with E-state index in [4.69, 9.17) is 17.0 Å². The summed E-state index contributed by atoms with van der Waals surface area (Å²) in [7, 11) is 0. The van der Waals surface area contributed by atoms with Crippen LogP contribution in [0.1, 0.15) is 11.1 Å². The Balaban J connectivity index is 1.93. The summed E-state index contributed by atoms with van der Waals surface area (Å²) >= 11 is 6.24. The van der Waals surface area contributed by atoms with Gasteiger partial charge in [-0.1, -0.05) is 30.0 Å². The molecule has 0 unspecified atom stereocenters. The van der Waals surface area contributed by atoms with E-state index >= 15 is 0 Å². The number of carbonyl (C=O) groups is 1. The van der Waals surface area contributed by atoms with Crippen LogP contribution in [0.15, 0.2) is 23.1 Å². The molecule has 1 N–H and O–H groups in total. The Labute approximate surface area is 108 Å². The summed E-state index contributed by atoms with van der Waals surface area (Å²) < 4.78 is 5.95. The first-order valence-corrected chi connectivity index (χ1v) is 6.45. The fourth-order valence-electron chi connectivity index (χ4n) is 1.87. The Morgan fingerprint density at radius 3 is 3.12 bits per heavy atom. The normalized spacial score (nSPS) is 20.4. The Bertz CT molecular complexity index is 551. The lowest BCUT2D eigenvalue weighted by molar-refractivity contribution is -0.115. The van der Waals surface area contributed by atoms with Crippen molar-refractivity contribution < 1.29 is 9.53 Å². The smallest absolute Gasteiger partial charge is 0.263 e. The van der Waals surface area contributed by atoms with Crippen LogP contribution in [-0.4, -0.2) is 16.8 Å². The van der Waals surface area contributed by atoms with Gasteiger partial charge in [-0.15, -0.1) is 0 Å². The quantitative estimate of drug-likeness (QED) is 0.622. The summed E-state index contributed by atoms with van der Waals surface area (Å²) in [6.45, 7) is 0.745. The summed E-state index contributed by atoms with van der Waals surface area (Å²) in [4.78, 5) is 12.2. The van der Waals surface area contributed by atoms with Gasteiger partial charge >= 0.3 is 0 Å². The minimum Gasteiger partial charge on any atom is -0.493 e. The molecule has 3 rings (SSSR count). The minimum atomic E-state index is -0.114. The van der Waals surface area contributed by atoms with Crippen molar-refractivity contribution >= 4 is 40.3 Å². The van der Waals surface area contributed by atoms with Gasteiger partial charge in [0.2, 0.25) is 0 Å². The molecule has 2 aliphatic heterocycles. The third-order valence-corrected chi connectivity index (χ3v) is 3.82. The van der Waals surface area contributed by atoms with Crippen LogP contribution in [0.4, 0.5) is 0 Å². The van der Waals surface area contributed by atoms with Crippen molar-refractivity contribution in [3.63, 3.8) is 0 Å². The highest BCUT2D eigenvalue weighted by Crippen LogP contribution is 2.29. The number of benzene rings is 1. The van der Waals surface area contributed by atoms with Gasteiger partial charge in [-0.3, -0.25) is 4.79 Å². The van der Waals surface area contributed by atoms with Gasteiger partial charge in [0.05, 0.1) is 11.5 Å². The molecule has 0 bridgehead atoms. The van der Waals surface area contributed by atoms with Crippen molar-refractivity contribution in [3.8, 4) is 5.75 Å². The Kier molecular flexibility index (Phi) is 2.64. The van der Waals surface area contributed by atoms with Crippen LogP contribution in [0.5, 0.6) is 5.75 Å². The molecule has 5 heteroatoms. The largest absolute Gasteiger partial charge is 0.493 e. The zero-order valence-corrected chi connectivity index (χ0v) is 10.5. The third-order valence-electron chi connectivity index (χ3n) is 2.65. The molecule has 0 spiro atoms. The second-order valence-electron chi connectivity index (χ2n) is 3.82. The molecule has 2 aliphatic rings. The Morgan fingerprint density at radius 1 is 1.47 bits per heavy atom. The van der Waals surface area contributed by atoms with Crippen molar-refractivity contribution in [1.29, 1.82) is 0 Å². The fraction of sp³-hybridized carbons (Fsp3) is 0.167. The molecule has 3 nitrogen and oxygen atoms in total. The monoisotopic (exact) mass is 263 g/mol. The van der Waals surface area contributed by atoms with E-state index in [9.17, 15) is 4.79 Å². The predicted octanol–water partition coefficient (Wildman–Crippen LogP) is 2.11. The molecule has 86 valence electrons. The van der Waals surface area contributed by atoms with E-state index in [-0.39, 0.29) is 5.91 Å². The van der Waals surface area contributed by atoms with E-state index in [1.54, 1.807) is 0 Å². The maximum absolute atomic E-state index is 11.5. The molecular formula is C12H9NO2S2. The maximum Gasteiger partial charge on any atom is 0.263 e. The maximum atomic E-state index is 11.5. The fourth-order valence-corrected chi connectivity index (χ4v) is 2.91. The average molecular weight is 263 g/mol. The zero-order chi connectivity index (χ0) is 11.8. The second-order valence-corrected chi connectivity index (χ2v) is 5.54. The SMILES string of the molecule is O=C1NC(=S)SC1=Cc1ccc2c(c1)CCO2. The number of fused-ring (bicyclic) bond motifs is 1. The number of amides is 1. The van der Waals surface area contributed by atoms with Crippen LogP contribution in [0, 0.1) is 0 Å². The zero-order valence-electron chi connectivity index (χ0n) is 8.86. The minimum absolute atomic E-state index is 0.114. The Hall–Kier alpha value is -1.33. The van der Waals surface area contributed by atoms with E-state index in [1.165, 1.54) is 17.3 Å². The van der Waals surface area contributed by atoms with Gasteiger partial charge < -0.3 is 10.1 Å². The lowest BCUT2D eigenvalue weighted by Crippen LogP contribution is -2.17. The van der Waals surface area contributed by atoms with Crippen LogP contribution in [0.2, 0.25) is 0 Å². The summed E-state index contributed by atoms with van der Waals surface area (Å²) in [5.74, 6) is 0.836. The number of carbonyl (C=O) groups excluding carboxylic acids is 1. The van der Waals surface area contributed by atoms with Crippen LogP contribution < -0.4 is 10.1 Å². The first-order valence-electron chi connectivity index (χ1n) is 5.23. The first kappa shape index (κ1) is 10.8. The van der Waals surface area contributed by atoms with Gasteiger partial charge in [0.1, 0.15) is 10.1 Å². The number of hydrogen-bond donors (Lipinski definition) is 1. The molecule has 0 aliphatic carbocycles. The molecule has 0 saturated carbocycles. The number of thiocarbonyl (C=S) groups is 1. The molecule has 1 saturated heterocycles. The molecule has 1 fully saturated rings. The van der Waals surface area contributed by atoms with Gasteiger partial charge in [-0.2, -0.15) is 0 Å². The average Bonchev–Trinajstić information content (AvgIpc) is 2.85. The molecule has 17 heavy (non-hydrogen) atoms. The highest BCUT2D eigenvalue weighted by molar-refractivity contribution is 8.26. The number of thioether (sulfide) groups is 1. The van der Waals surface area contributed by atoms with Crippen LogP contribution in [0.3, 0.4) is 0 Å². The second kappa shape index (κ2) is 4.16. The van der Waals surface area contributed by atoms with E-state index in [1.807, 2.05) is 18.2 Å². The number of nitrogens with one attached hydrogen (secondary N) is 1. The van der Waals surface area contributed by atoms with E-state index in [0.29, 0.717) is 9.23 Å². The van der Waals surface area contributed by atoms with Crippen LogP contribution >= 0.6 is 24.0 Å². The van der Waals surface area contributed by atoms with Crippen LogP contribution in [-0.2, 0) is 11.2 Å². The highest BCUT2D eigenvalue weighted by Gasteiger charge is 2.22. The van der Waals surface area contributed by atoms with E-state index < -0.39 is 0 Å². The highest BCUT2D eigenvalue weighted by atomic mass is 32.2. The summed E-state index contributed by atoms with van der Waals surface area (Å²) in [5, 5.41) is 2.60. The molecule has 1 aromatic rings. The van der Waals surface area contributed by atoms with Crippen LogP contribution in [0.25, 0.3) is 6.08 Å². The first-order chi connectivity index (χ1) is 8.22. The summed E-state index contributed by atoms with van der Waals surface area (Å²) in [6.07, 6.45) is 2.79. The molecular weight excluding hydrogens is 254 g/mol. The van der Waals surface area contributed by atoms with Crippen molar-refractivity contribution in [2.24, 2.45) is 0 Å². The van der Waals surface area contributed by atoms with Gasteiger partial charge in [-0.25, -0.2) is 0 Å². The Morgan fingerprint density at radius 2 is 2.35 bits per heavy atom. The number of hydrogen-bond acceptors (Lipinski definition) is 4. The molecule has 0 aromatic heterocycles. The van der Waals surface area contributed by atoms with Crippen molar-refractivity contribution in [1.82, 2.24) is 5.32 Å². The van der Waals surface area contributed by atoms with Gasteiger partial charge in [-0.05, 0) is 29.3 Å². The van der Waals surface area contributed by atoms with Gasteiger partial charge in [0, 0.05) is 6.42 Å². The predicted molar refractivity (Wildman–Crippen MR) is 71.9 cm³/mol. The topological polar surface area (TPSA) is 38.3 Å². The molecule has 0 atom stereocenters. The third kappa shape index (κ3) is 2.08. The van der Waals surface area contributed by atoms with Gasteiger partial charge in [0.25, 0.3) is 5.91 Å². The summed E-state index contributed by atoms with van der Waals surface area (Å²) in [5.41, 5.74) is 2.21. The molecule has 0 radical (unpaired) electrons.